The summed E-state index contributed by atoms with van der Waals surface area (Å²) in [5, 5.41) is 3.69. The van der Waals surface area contributed by atoms with Crippen molar-refractivity contribution in [1.29, 1.82) is 0 Å². The fraction of sp³-hybridized carbons (Fsp3) is 0.500. The van der Waals surface area contributed by atoms with Gasteiger partial charge in [0.25, 0.3) is 5.89 Å². The van der Waals surface area contributed by atoms with Gasteiger partial charge in [0.15, 0.2) is 5.82 Å². The molecule has 0 unspecified atom stereocenters. The third-order valence-corrected chi connectivity index (χ3v) is 5.47. The van der Waals surface area contributed by atoms with Gasteiger partial charge in [-0.25, -0.2) is 8.42 Å². The summed E-state index contributed by atoms with van der Waals surface area (Å²) in [6.45, 7) is 2.71. The number of aryl methyl sites for hydroxylation is 1. The Morgan fingerprint density at radius 1 is 1.48 bits per heavy atom. The predicted molar refractivity (Wildman–Crippen MR) is 79.8 cm³/mol. The number of hydrogen-bond donors (Lipinski definition) is 0. The van der Waals surface area contributed by atoms with Gasteiger partial charge in [-0.05, 0) is 31.9 Å². The van der Waals surface area contributed by atoms with Crippen molar-refractivity contribution < 1.29 is 17.7 Å². The Kier molecular flexibility index (Phi) is 4.69. The summed E-state index contributed by atoms with van der Waals surface area (Å²) in [6, 6.07) is 3.16. The number of rotatable bonds is 5. The normalized spacial score (nSPS) is 19.8. The van der Waals surface area contributed by atoms with Crippen molar-refractivity contribution in [3.05, 3.63) is 36.2 Å². The van der Waals surface area contributed by atoms with Crippen LogP contribution in [0, 0.1) is 6.92 Å². The molecule has 0 N–H and O–H groups in total. The molecular weight excluding hydrogens is 320 g/mol. The molecule has 0 radical (unpaired) electrons. The van der Waals surface area contributed by atoms with Gasteiger partial charge < -0.3 is 9.26 Å². The van der Waals surface area contributed by atoms with Crippen molar-refractivity contribution in [3.63, 3.8) is 0 Å². The highest BCUT2D eigenvalue weighted by Gasteiger charge is 2.31. The van der Waals surface area contributed by atoms with Crippen LogP contribution in [0.1, 0.15) is 24.6 Å². The first-order valence-electron chi connectivity index (χ1n) is 7.36. The largest absolute Gasteiger partial charge is 0.367 e. The van der Waals surface area contributed by atoms with Crippen LogP contribution >= 0.6 is 0 Å². The summed E-state index contributed by atoms with van der Waals surface area (Å²) in [5.41, 5.74) is 0. The second kappa shape index (κ2) is 6.73. The highest BCUT2D eigenvalue weighted by Crippen LogP contribution is 2.22. The van der Waals surface area contributed by atoms with Crippen molar-refractivity contribution in [2.75, 3.05) is 13.1 Å². The maximum absolute atomic E-state index is 12.6. The topological polar surface area (TPSA) is 98.4 Å². The fourth-order valence-corrected chi connectivity index (χ4v) is 3.97. The number of aromatic nitrogens is 3. The molecule has 0 bridgehead atoms. The summed E-state index contributed by atoms with van der Waals surface area (Å²) in [6.07, 6.45) is 4.26. The van der Waals surface area contributed by atoms with Crippen LogP contribution in [-0.4, -0.2) is 47.0 Å². The molecule has 0 saturated carbocycles. The van der Waals surface area contributed by atoms with Crippen molar-refractivity contribution in [3.8, 4) is 0 Å². The minimum atomic E-state index is -3.53. The van der Waals surface area contributed by atoms with Crippen molar-refractivity contribution >= 4 is 10.0 Å². The molecular formula is C14H18N4O4S. The lowest BCUT2D eigenvalue weighted by Gasteiger charge is -2.31. The van der Waals surface area contributed by atoms with E-state index in [0.29, 0.717) is 24.8 Å². The number of ether oxygens (including phenoxy) is 1. The van der Waals surface area contributed by atoms with E-state index in [1.54, 1.807) is 25.3 Å². The van der Waals surface area contributed by atoms with Crippen LogP contribution in [0.4, 0.5) is 0 Å². The second-order valence-electron chi connectivity index (χ2n) is 5.36. The van der Waals surface area contributed by atoms with Gasteiger partial charge in [-0.2, -0.15) is 9.29 Å². The average Bonchev–Trinajstić information content (AvgIpc) is 2.99. The SMILES string of the molecule is Cc1noc(CO[C@@H]2CCCN(S(=O)(=O)c3cccnc3)C2)n1. The average molecular weight is 338 g/mol. The van der Waals surface area contributed by atoms with E-state index in [-0.39, 0.29) is 17.6 Å². The number of nitrogens with zero attached hydrogens (tertiary/aromatic N) is 4. The van der Waals surface area contributed by atoms with Crippen LogP contribution in [0.15, 0.2) is 33.9 Å². The molecule has 23 heavy (non-hydrogen) atoms. The Morgan fingerprint density at radius 2 is 2.35 bits per heavy atom. The monoisotopic (exact) mass is 338 g/mol. The molecule has 3 heterocycles. The molecule has 2 aromatic rings. The van der Waals surface area contributed by atoms with Gasteiger partial charge in [-0.15, -0.1) is 0 Å². The summed E-state index contributed by atoms with van der Waals surface area (Å²) >= 11 is 0. The fourth-order valence-electron chi connectivity index (χ4n) is 2.50. The standard InChI is InChI=1S/C14H18N4O4S/c1-11-16-14(22-17-11)10-21-12-4-3-7-18(9-12)23(19,20)13-5-2-6-15-8-13/h2,5-6,8,12H,3-4,7,9-10H2,1H3/t12-/m1/s1. The smallest absolute Gasteiger partial charge is 0.252 e. The molecule has 0 aliphatic carbocycles. The van der Waals surface area contributed by atoms with E-state index in [4.69, 9.17) is 9.26 Å². The maximum Gasteiger partial charge on any atom is 0.252 e. The lowest BCUT2D eigenvalue weighted by Crippen LogP contribution is -2.43. The van der Waals surface area contributed by atoms with Crippen LogP contribution < -0.4 is 0 Å². The van der Waals surface area contributed by atoms with Gasteiger partial charge in [0.2, 0.25) is 10.0 Å². The summed E-state index contributed by atoms with van der Waals surface area (Å²) in [7, 11) is -3.53. The Balaban J connectivity index is 1.64. The molecule has 0 amide bonds. The molecule has 1 aliphatic heterocycles. The molecule has 8 nitrogen and oxygen atoms in total. The molecule has 1 saturated heterocycles. The van der Waals surface area contributed by atoms with Crippen LogP contribution in [0.2, 0.25) is 0 Å². The lowest BCUT2D eigenvalue weighted by molar-refractivity contribution is -0.00296. The van der Waals surface area contributed by atoms with Crippen molar-refractivity contribution in [2.45, 2.75) is 37.4 Å². The van der Waals surface area contributed by atoms with E-state index < -0.39 is 10.0 Å². The molecule has 3 rings (SSSR count). The zero-order valence-electron chi connectivity index (χ0n) is 12.8. The third kappa shape index (κ3) is 3.74. The number of pyridine rings is 1. The summed E-state index contributed by atoms with van der Waals surface area (Å²) in [5.74, 6) is 0.947. The zero-order valence-corrected chi connectivity index (χ0v) is 13.6. The Bertz CT molecular complexity index is 747. The van der Waals surface area contributed by atoms with E-state index in [1.807, 2.05) is 0 Å². The van der Waals surface area contributed by atoms with Gasteiger partial charge in [0, 0.05) is 25.5 Å². The number of piperidine rings is 1. The Labute approximate surface area is 134 Å². The van der Waals surface area contributed by atoms with Crippen molar-refractivity contribution in [2.24, 2.45) is 0 Å². The minimum Gasteiger partial charge on any atom is -0.367 e. The van der Waals surface area contributed by atoms with E-state index in [9.17, 15) is 8.42 Å². The molecule has 0 spiro atoms. The van der Waals surface area contributed by atoms with Gasteiger partial charge in [0.05, 0.1) is 6.10 Å². The number of sulfonamides is 1. The molecule has 9 heteroatoms. The minimum absolute atomic E-state index is 0.187. The first-order chi connectivity index (χ1) is 11.1. The van der Waals surface area contributed by atoms with Gasteiger partial charge in [-0.1, -0.05) is 5.16 Å². The van der Waals surface area contributed by atoms with Crippen LogP contribution in [0.5, 0.6) is 0 Å². The Morgan fingerprint density at radius 3 is 3.04 bits per heavy atom. The van der Waals surface area contributed by atoms with Gasteiger partial charge in [0.1, 0.15) is 11.5 Å². The quantitative estimate of drug-likeness (QED) is 0.806. The highest BCUT2D eigenvalue weighted by atomic mass is 32.2. The maximum atomic E-state index is 12.6. The molecule has 1 fully saturated rings. The third-order valence-electron chi connectivity index (χ3n) is 3.63. The molecule has 124 valence electrons. The Hall–Kier alpha value is -1.84. The van der Waals surface area contributed by atoms with E-state index in [0.717, 1.165) is 12.8 Å². The first kappa shape index (κ1) is 16.0. The van der Waals surface area contributed by atoms with Crippen LogP contribution in [0.3, 0.4) is 0 Å². The molecule has 0 aromatic carbocycles. The molecule has 2 aromatic heterocycles. The van der Waals surface area contributed by atoms with E-state index in [1.165, 1.54) is 10.5 Å². The molecule has 1 aliphatic rings. The highest BCUT2D eigenvalue weighted by molar-refractivity contribution is 7.89. The van der Waals surface area contributed by atoms with Gasteiger partial charge >= 0.3 is 0 Å². The van der Waals surface area contributed by atoms with Gasteiger partial charge in [-0.3, -0.25) is 4.98 Å². The predicted octanol–water partition coefficient (Wildman–Crippen LogP) is 1.14. The van der Waals surface area contributed by atoms with Crippen LogP contribution in [0.25, 0.3) is 0 Å². The molecule has 1 atom stereocenters. The zero-order chi connectivity index (χ0) is 16.3. The van der Waals surface area contributed by atoms with Crippen LogP contribution in [-0.2, 0) is 21.4 Å². The summed E-state index contributed by atoms with van der Waals surface area (Å²) < 4.78 is 37.4. The first-order valence-corrected chi connectivity index (χ1v) is 8.80. The van der Waals surface area contributed by atoms with E-state index >= 15 is 0 Å². The lowest BCUT2D eigenvalue weighted by atomic mass is 10.1. The van der Waals surface area contributed by atoms with Crippen molar-refractivity contribution in [1.82, 2.24) is 19.4 Å². The van der Waals surface area contributed by atoms with E-state index in [2.05, 4.69) is 15.1 Å². The number of hydrogen-bond acceptors (Lipinski definition) is 7. The second-order valence-corrected chi connectivity index (χ2v) is 7.30. The summed E-state index contributed by atoms with van der Waals surface area (Å²) in [4.78, 5) is 8.15.